The van der Waals surface area contributed by atoms with Crippen molar-refractivity contribution in [3.63, 3.8) is 0 Å². The number of halogens is 1. The number of piperazine rings is 1. The fourth-order valence-corrected chi connectivity index (χ4v) is 3.26. The van der Waals surface area contributed by atoms with Gasteiger partial charge in [0, 0.05) is 49.1 Å². The lowest BCUT2D eigenvalue weighted by Crippen LogP contribution is -2.46. The van der Waals surface area contributed by atoms with Gasteiger partial charge in [-0.05, 0) is 55.0 Å². The number of benzene rings is 2. The van der Waals surface area contributed by atoms with Gasteiger partial charge in [-0.25, -0.2) is 4.79 Å². The maximum absolute atomic E-state index is 10.8. The molecule has 2 amide bonds. The number of nitrogens with two attached hydrogens (primary N) is 1. The van der Waals surface area contributed by atoms with Gasteiger partial charge in [0.15, 0.2) is 0 Å². The van der Waals surface area contributed by atoms with Gasteiger partial charge < -0.3 is 20.7 Å². The van der Waals surface area contributed by atoms with Crippen LogP contribution in [0.4, 0.5) is 16.2 Å². The molecule has 27 heavy (non-hydrogen) atoms. The number of carbonyl (C=O) groups excluding carboxylic acids is 1. The minimum Gasteiger partial charge on any atom is -0.494 e. The number of carbonyl (C=O) groups is 1. The molecule has 1 aliphatic rings. The van der Waals surface area contributed by atoms with Gasteiger partial charge in [0.05, 0.1) is 6.61 Å². The van der Waals surface area contributed by atoms with E-state index in [0.29, 0.717) is 12.3 Å². The monoisotopic (exact) mass is 388 g/mol. The van der Waals surface area contributed by atoms with E-state index in [4.69, 9.17) is 22.1 Å². The highest BCUT2D eigenvalue weighted by Gasteiger charge is 2.16. The fourth-order valence-electron chi connectivity index (χ4n) is 3.14. The van der Waals surface area contributed by atoms with Gasteiger partial charge in [0.1, 0.15) is 5.75 Å². The Labute approximate surface area is 164 Å². The van der Waals surface area contributed by atoms with Crippen LogP contribution in [0.3, 0.4) is 0 Å². The van der Waals surface area contributed by atoms with Crippen LogP contribution in [0.2, 0.25) is 5.02 Å². The van der Waals surface area contributed by atoms with Crippen LogP contribution in [-0.4, -0.2) is 50.3 Å². The standard InChI is InChI=1S/C20H25ClN4O2/c21-16-2-6-18(7-3-16)25-13-11-24(12-14-25)10-1-15-27-19-8-4-17(5-9-19)23-20(22)26/h2-9H,1,10-15H2,(H3,22,23,26). The maximum atomic E-state index is 10.8. The predicted molar refractivity (Wildman–Crippen MR) is 110 cm³/mol. The summed E-state index contributed by atoms with van der Waals surface area (Å²) in [5.41, 5.74) is 6.98. The first-order valence-electron chi connectivity index (χ1n) is 9.12. The maximum Gasteiger partial charge on any atom is 0.316 e. The average molecular weight is 389 g/mol. The summed E-state index contributed by atoms with van der Waals surface area (Å²) in [5.74, 6) is 0.789. The molecule has 1 aliphatic heterocycles. The van der Waals surface area contributed by atoms with Gasteiger partial charge in [-0.15, -0.1) is 0 Å². The van der Waals surface area contributed by atoms with Crippen molar-refractivity contribution in [1.82, 2.24) is 4.90 Å². The van der Waals surface area contributed by atoms with Gasteiger partial charge >= 0.3 is 6.03 Å². The lowest BCUT2D eigenvalue weighted by Gasteiger charge is -2.36. The summed E-state index contributed by atoms with van der Waals surface area (Å²) in [6, 6.07) is 14.7. The Morgan fingerprint density at radius 3 is 2.33 bits per heavy atom. The third-order valence-electron chi connectivity index (χ3n) is 4.57. The highest BCUT2D eigenvalue weighted by molar-refractivity contribution is 6.30. The van der Waals surface area contributed by atoms with Gasteiger partial charge in [-0.1, -0.05) is 11.6 Å². The summed E-state index contributed by atoms with van der Waals surface area (Å²) in [6.45, 7) is 5.84. The van der Waals surface area contributed by atoms with Gasteiger partial charge in [-0.2, -0.15) is 0 Å². The number of anilines is 2. The Morgan fingerprint density at radius 2 is 1.70 bits per heavy atom. The zero-order valence-corrected chi connectivity index (χ0v) is 16.0. The highest BCUT2D eigenvalue weighted by atomic mass is 35.5. The molecule has 0 aliphatic carbocycles. The second kappa shape index (κ2) is 9.48. The summed E-state index contributed by atoms with van der Waals surface area (Å²) >= 11 is 5.96. The first kappa shape index (κ1) is 19.3. The lowest BCUT2D eigenvalue weighted by molar-refractivity contribution is 0.225. The summed E-state index contributed by atoms with van der Waals surface area (Å²) in [6.07, 6.45) is 0.974. The van der Waals surface area contributed by atoms with E-state index >= 15 is 0 Å². The first-order chi connectivity index (χ1) is 13.1. The summed E-state index contributed by atoms with van der Waals surface area (Å²) in [4.78, 5) is 15.7. The van der Waals surface area contributed by atoms with Crippen molar-refractivity contribution in [2.75, 3.05) is 49.5 Å². The molecule has 3 rings (SSSR count). The molecule has 144 valence electrons. The van der Waals surface area contributed by atoms with Gasteiger partial charge in [0.25, 0.3) is 0 Å². The Balaban J connectivity index is 1.33. The number of hydrogen-bond acceptors (Lipinski definition) is 4. The molecule has 0 aromatic heterocycles. The largest absolute Gasteiger partial charge is 0.494 e. The Kier molecular flexibility index (Phi) is 6.79. The van der Waals surface area contributed by atoms with Gasteiger partial charge in [-0.3, -0.25) is 4.90 Å². The Morgan fingerprint density at radius 1 is 1.04 bits per heavy atom. The molecule has 7 heteroatoms. The van der Waals surface area contributed by atoms with Crippen LogP contribution in [-0.2, 0) is 0 Å². The molecule has 0 saturated carbocycles. The summed E-state index contributed by atoms with van der Waals surface area (Å²) in [5, 5.41) is 3.30. The molecular weight excluding hydrogens is 364 g/mol. The van der Waals surface area contributed by atoms with Crippen LogP contribution < -0.4 is 20.7 Å². The number of nitrogens with zero attached hydrogens (tertiary/aromatic N) is 2. The smallest absolute Gasteiger partial charge is 0.316 e. The van der Waals surface area contributed by atoms with E-state index in [1.54, 1.807) is 12.1 Å². The van der Waals surface area contributed by atoms with Crippen LogP contribution in [0, 0.1) is 0 Å². The number of primary amides is 1. The molecule has 1 fully saturated rings. The normalized spacial score (nSPS) is 14.8. The third kappa shape index (κ3) is 6.05. The van der Waals surface area contributed by atoms with Crippen LogP contribution >= 0.6 is 11.6 Å². The zero-order valence-electron chi connectivity index (χ0n) is 15.2. The first-order valence-corrected chi connectivity index (χ1v) is 9.50. The number of ether oxygens (including phenoxy) is 1. The Hall–Kier alpha value is -2.44. The molecule has 1 heterocycles. The zero-order chi connectivity index (χ0) is 19.1. The molecule has 0 radical (unpaired) electrons. The lowest BCUT2D eigenvalue weighted by atomic mass is 10.2. The van der Waals surface area contributed by atoms with Gasteiger partial charge in [0.2, 0.25) is 0 Å². The minimum atomic E-state index is -0.570. The molecule has 2 aromatic carbocycles. The topological polar surface area (TPSA) is 70.8 Å². The number of hydrogen-bond donors (Lipinski definition) is 2. The number of nitrogens with one attached hydrogen (secondary N) is 1. The summed E-state index contributed by atoms with van der Waals surface area (Å²) < 4.78 is 5.77. The van der Waals surface area contributed by atoms with Crippen molar-refractivity contribution < 1.29 is 9.53 Å². The fraction of sp³-hybridized carbons (Fsp3) is 0.350. The second-order valence-corrected chi connectivity index (χ2v) is 6.96. The van der Waals surface area contributed by atoms with E-state index in [2.05, 4.69) is 27.2 Å². The SMILES string of the molecule is NC(=O)Nc1ccc(OCCCN2CCN(c3ccc(Cl)cc3)CC2)cc1. The molecule has 6 nitrogen and oxygen atoms in total. The van der Waals surface area contributed by atoms with Crippen molar-refractivity contribution >= 4 is 29.0 Å². The molecule has 1 saturated heterocycles. The molecule has 3 N–H and O–H groups in total. The van der Waals surface area contributed by atoms with E-state index in [9.17, 15) is 4.79 Å². The molecule has 0 spiro atoms. The van der Waals surface area contributed by atoms with E-state index in [1.165, 1.54) is 5.69 Å². The molecule has 0 atom stereocenters. The van der Waals surface area contributed by atoms with Crippen molar-refractivity contribution in [3.05, 3.63) is 53.6 Å². The molecule has 0 unspecified atom stereocenters. The van der Waals surface area contributed by atoms with Crippen LogP contribution in [0.5, 0.6) is 5.75 Å². The molecule has 0 bridgehead atoms. The molecular formula is C20H25ClN4O2. The quantitative estimate of drug-likeness (QED) is 0.713. The van der Waals surface area contributed by atoms with Crippen molar-refractivity contribution in [1.29, 1.82) is 0 Å². The van der Waals surface area contributed by atoms with Crippen LogP contribution in [0.15, 0.2) is 48.5 Å². The van der Waals surface area contributed by atoms with Crippen LogP contribution in [0.25, 0.3) is 0 Å². The van der Waals surface area contributed by atoms with E-state index in [1.807, 2.05) is 24.3 Å². The minimum absolute atomic E-state index is 0.570. The van der Waals surface area contributed by atoms with Crippen molar-refractivity contribution in [2.24, 2.45) is 5.73 Å². The Bertz CT molecular complexity index is 729. The molecule has 2 aromatic rings. The number of rotatable bonds is 7. The van der Waals surface area contributed by atoms with E-state index in [-0.39, 0.29) is 0 Å². The predicted octanol–water partition coefficient (Wildman–Crippen LogP) is 3.42. The van der Waals surface area contributed by atoms with Crippen molar-refractivity contribution in [3.8, 4) is 5.75 Å². The average Bonchev–Trinajstić information content (AvgIpc) is 2.67. The second-order valence-electron chi connectivity index (χ2n) is 6.52. The highest BCUT2D eigenvalue weighted by Crippen LogP contribution is 2.19. The third-order valence-corrected chi connectivity index (χ3v) is 4.83. The van der Waals surface area contributed by atoms with Crippen LogP contribution in [0.1, 0.15) is 6.42 Å². The van der Waals surface area contributed by atoms with E-state index < -0.39 is 6.03 Å². The number of urea groups is 1. The number of amides is 2. The van der Waals surface area contributed by atoms with E-state index in [0.717, 1.165) is 49.9 Å². The summed E-state index contributed by atoms with van der Waals surface area (Å²) in [7, 11) is 0. The van der Waals surface area contributed by atoms with Crippen molar-refractivity contribution in [2.45, 2.75) is 6.42 Å².